The Bertz CT molecular complexity index is 3460. The van der Waals surface area contributed by atoms with Crippen LogP contribution in [0.25, 0.3) is 0 Å². The van der Waals surface area contributed by atoms with E-state index in [0.29, 0.717) is 17.8 Å². The zero-order chi connectivity index (χ0) is 47.4. The highest BCUT2D eigenvalue weighted by Crippen LogP contribution is 2.54. The summed E-state index contributed by atoms with van der Waals surface area (Å²) in [7, 11) is 0. The second-order valence-corrected chi connectivity index (χ2v) is 21.3. The average Bonchev–Trinajstić information content (AvgIpc) is 3.38. The maximum absolute atomic E-state index is 7.23. The maximum atomic E-state index is 7.23. The Balaban J connectivity index is 1.14. The largest absolute Gasteiger partial charge is 0.458 e. The summed E-state index contributed by atoms with van der Waals surface area (Å²) in [5.74, 6) is 2.90. The molecule has 338 valence electrons. The van der Waals surface area contributed by atoms with Gasteiger partial charge in [-0.3, -0.25) is 0 Å². The second kappa shape index (κ2) is 16.7. The van der Waals surface area contributed by atoms with Crippen LogP contribution in [0.1, 0.15) is 76.0 Å². The second-order valence-electron chi connectivity index (χ2n) is 20.2. The first kappa shape index (κ1) is 42.7. The van der Waals surface area contributed by atoms with Crippen LogP contribution in [0.5, 0.6) is 11.5 Å². The number of hydrogen-bond donors (Lipinski definition) is 0. The molecule has 0 bridgehead atoms. The minimum absolute atomic E-state index is 0.0357. The molecule has 0 saturated carbocycles. The van der Waals surface area contributed by atoms with Gasteiger partial charge in [0, 0.05) is 50.0 Å². The summed E-state index contributed by atoms with van der Waals surface area (Å²) in [5.41, 5.74) is 22.3. The molecule has 0 aromatic heterocycles. The van der Waals surface area contributed by atoms with Gasteiger partial charge in [0.15, 0.2) is 0 Å². The van der Waals surface area contributed by atoms with Gasteiger partial charge in [-0.2, -0.15) is 0 Å². The van der Waals surface area contributed by atoms with Crippen molar-refractivity contribution < 1.29 is 4.74 Å². The number of ether oxygens (including phenoxy) is 1. The molecule has 4 aliphatic heterocycles. The molecule has 4 nitrogen and oxygen atoms in total. The van der Waals surface area contributed by atoms with Gasteiger partial charge >= 0.3 is 0 Å². The molecule has 0 N–H and O–H groups in total. The van der Waals surface area contributed by atoms with Crippen LogP contribution < -0.4 is 52.2 Å². The molecule has 0 fully saturated rings. The van der Waals surface area contributed by atoms with Crippen molar-refractivity contribution in [2.45, 2.75) is 69.1 Å². The van der Waals surface area contributed by atoms with Gasteiger partial charge < -0.3 is 19.4 Å². The Hall–Kier alpha value is -7.34. The molecule has 0 atom stereocenters. The monoisotopic (exact) mass is 921 g/mol. The lowest BCUT2D eigenvalue weighted by Gasteiger charge is -2.45. The number of anilines is 9. The van der Waals surface area contributed by atoms with Crippen molar-refractivity contribution in [3.05, 3.63) is 211 Å². The van der Waals surface area contributed by atoms with Crippen LogP contribution in [0.4, 0.5) is 51.2 Å². The summed E-state index contributed by atoms with van der Waals surface area (Å²) < 4.78 is 7.23. The number of nitrogens with zero attached hydrogens (tertiary/aromatic N) is 3. The summed E-state index contributed by atoms with van der Waals surface area (Å²) in [6.45, 7) is 14.0. The highest BCUT2D eigenvalue weighted by molar-refractivity contribution is 7.99. The standard InChI is InChI=1S/C63H53B2N3OS/c1-39(2)42-33-46(40(3)4)62(47(34-42)41(5)6)65-49-26-14-18-30-58(49)69-59-38-55-50(37-51(59)65)64-48-25-13-15-27-52(48)66(43-21-9-7-10-22-43)56-35-45(36-57(63(56)64)67(55)44-23-11-8-12-24-44)68-53-28-16-19-31-60(53)70-61-32-20-17-29-54(61)68/h7-41H,1-6H3. The lowest BCUT2D eigenvalue weighted by atomic mass is 9.30. The SMILES string of the molecule is CC(C)c1cc(C(C)C)c(B2c3ccccc3Oc3cc4c(cc32)B2c3ccccc3N(c3ccccc3)c3cc(N5c6ccccc6Sc6ccccc65)cc(c32)N4c2ccccc2)c(C(C)C)c1. The third kappa shape index (κ3) is 6.62. The lowest BCUT2D eigenvalue weighted by molar-refractivity contribution is 0.487. The number of hydrogen-bond acceptors (Lipinski definition) is 5. The predicted octanol–water partition coefficient (Wildman–Crippen LogP) is 13.7. The van der Waals surface area contributed by atoms with Gasteiger partial charge in [-0.05, 0) is 135 Å². The normalized spacial score (nSPS) is 13.9. The van der Waals surface area contributed by atoms with E-state index in [0.717, 1.165) is 39.9 Å². The van der Waals surface area contributed by atoms with Crippen molar-refractivity contribution in [1.82, 2.24) is 0 Å². The fourth-order valence-electron chi connectivity index (χ4n) is 11.9. The van der Waals surface area contributed by atoms with E-state index in [1.807, 2.05) is 11.8 Å². The Labute approximate surface area is 417 Å². The number of fused-ring (bicyclic) bond motifs is 8. The highest BCUT2D eigenvalue weighted by atomic mass is 32.2. The maximum Gasteiger partial charge on any atom is 0.252 e. The van der Waals surface area contributed by atoms with Gasteiger partial charge in [-0.15, -0.1) is 0 Å². The molecular weight excluding hydrogens is 868 g/mol. The predicted molar refractivity (Wildman–Crippen MR) is 299 cm³/mol. The minimum Gasteiger partial charge on any atom is -0.458 e. The molecule has 4 aliphatic rings. The zero-order valence-corrected chi connectivity index (χ0v) is 41.3. The van der Waals surface area contributed by atoms with E-state index < -0.39 is 0 Å². The zero-order valence-electron chi connectivity index (χ0n) is 40.5. The fraction of sp³-hybridized carbons (Fsp3) is 0.143. The van der Waals surface area contributed by atoms with Crippen LogP contribution in [0, 0.1) is 0 Å². The quantitative estimate of drug-likeness (QED) is 0.148. The first-order chi connectivity index (χ1) is 34.2. The van der Waals surface area contributed by atoms with E-state index >= 15 is 0 Å². The topological polar surface area (TPSA) is 19.0 Å². The molecule has 0 amide bonds. The third-order valence-electron chi connectivity index (χ3n) is 15.0. The van der Waals surface area contributed by atoms with Gasteiger partial charge in [-0.1, -0.05) is 174 Å². The van der Waals surface area contributed by atoms with Crippen molar-refractivity contribution in [2.24, 2.45) is 0 Å². The van der Waals surface area contributed by atoms with Gasteiger partial charge in [0.1, 0.15) is 11.5 Å². The highest BCUT2D eigenvalue weighted by Gasteiger charge is 2.46. The van der Waals surface area contributed by atoms with E-state index in [4.69, 9.17) is 4.74 Å². The van der Waals surface area contributed by atoms with Crippen molar-refractivity contribution in [3.8, 4) is 11.5 Å². The average molecular weight is 922 g/mol. The Kier molecular flexibility index (Phi) is 10.2. The number of rotatable bonds is 7. The molecule has 7 heteroatoms. The van der Waals surface area contributed by atoms with Crippen molar-refractivity contribution in [3.63, 3.8) is 0 Å². The van der Waals surface area contributed by atoms with Crippen LogP contribution in [0.15, 0.2) is 204 Å². The third-order valence-corrected chi connectivity index (χ3v) is 16.2. The molecule has 0 aliphatic carbocycles. The lowest BCUT2D eigenvalue weighted by Crippen LogP contribution is -2.63. The van der Waals surface area contributed by atoms with Crippen molar-refractivity contribution >= 4 is 109 Å². The van der Waals surface area contributed by atoms with Crippen LogP contribution >= 0.6 is 11.8 Å². The summed E-state index contributed by atoms with van der Waals surface area (Å²) in [4.78, 5) is 9.99. The van der Waals surface area contributed by atoms with Gasteiger partial charge in [-0.25, -0.2) is 0 Å². The first-order valence-corrected chi connectivity index (χ1v) is 25.8. The van der Waals surface area contributed by atoms with Gasteiger partial charge in [0.25, 0.3) is 13.4 Å². The fourth-order valence-corrected chi connectivity index (χ4v) is 12.9. The van der Waals surface area contributed by atoms with E-state index in [1.54, 1.807) is 0 Å². The molecular formula is C63H53B2N3OS. The molecule has 0 radical (unpaired) electrons. The molecule has 9 aromatic rings. The first-order valence-electron chi connectivity index (χ1n) is 25.0. The van der Waals surface area contributed by atoms with Crippen molar-refractivity contribution in [1.29, 1.82) is 0 Å². The molecule has 70 heavy (non-hydrogen) atoms. The summed E-state index contributed by atoms with van der Waals surface area (Å²) in [6.07, 6.45) is 0. The Morgan fingerprint density at radius 2 is 0.843 bits per heavy atom. The molecule has 9 aromatic carbocycles. The van der Waals surface area contributed by atoms with Crippen LogP contribution in [0.3, 0.4) is 0 Å². The molecule has 0 spiro atoms. The number of para-hydroxylation sites is 6. The van der Waals surface area contributed by atoms with Crippen molar-refractivity contribution in [2.75, 3.05) is 14.7 Å². The summed E-state index contributed by atoms with van der Waals surface area (Å²) >= 11 is 1.84. The number of benzene rings is 9. The van der Waals surface area contributed by atoms with Crippen LogP contribution in [-0.2, 0) is 0 Å². The van der Waals surface area contributed by atoms with E-state index in [9.17, 15) is 0 Å². The van der Waals surface area contributed by atoms with Crippen LogP contribution in [-0.4, -0.2) is 13.4 Å². The Morgan fingerprint density at radius 3 is 1.43 bits per heavy atom. The van der Waals surface area contributed by atoms with Crippen LogP contribution in [0.2, 0.25) is 0 Å². The molecule has 4 heterocycles. The summed E-state index contributed by atoms with van der Waals surface area (Å²) in [5, 5.41) is 0. The van der Waals surface area contributed by atoms with Gasteiger partial charge in [0.05, 0.1) is 17.1 Å². The van der Waals surface area contributed by atoms with E-state index in [-0.39, 0.29) is 13.4 Å². The molecule has 0 unspecified atom stereocenters. The minimum atomic E-state index is -0.0813. The Morgan fingerprint density at radius 1 is 0.357 bits per heavy atom. The molecule has 13 rings (SSSR count). The molecule has 0 saturated heterocycles. The van der Waals surface area contributed by atoms with E-state index in [2.05, 4.69) is 250 Å². The van der Waals surface area contributed by atoms with E-state index in [1.165, 1.54) is 82.0 Å². The van der Waals surface area contributed by atoms with Gasteiger partial charge in [0.2, 0.25) is 0 Å². The summed E-state index contributed by atoms with van der Waals surface area (Å²) in [6, 6.07) is 72.4. The smallest absolute Gasteiger partial charge is 0.252 e.